The summed E-state index contributed by atoms with van der Waals surface area (Å²) in [5.74, 6) is 0.714. The van der Waals surface area contributed by atoms with Crippen LogP contribution in [-0.2, 0) is 17.9 Å². The van der Waals surface area contributed by atoms with E-state index in [0.29, 0.717) is 24.5 Å². The highest BCUT2D eigenvalue weighted by atomic mass is 17.2. The number of non-ortho nitro benzene ring substituents is 1. The second-order valence-electron chi connectivity index (χ2n) is 5.73. The van der Waals surface area contributed by atoms with E-state index in [4.69, 9.17) is 9.78 Å². The molecule has 2 aromatic carbocycles. The molecular formula is C17H13N3O4. The van der Waals surface area contributed by atoms with Gasteiger partial charge in [-0.25, -0.2) is 0 Å². The van der Waals surface area contributed by atoms with E-state index in [9.17, 15) is 10.1 Å². The molecule has 7 heteroatoms. The third-order valence-corrected chi connectivity index (χ3v) is 4.02. The molecular weight excluding hydrogens is 310 g/mol. The van der Waals surface area contributed by atoms with E-state index >= 15 is 0 Å². The molecule has 0 aliphatic carbocycles. The van der Waals surface area contributed by atoms with E-state index in [-0.39, 0.29) is 5.69 Å². The van der Waals surface area contributed by atoms with Gasteiger partial charge >= 0.3 is 0 Å². The lowest BCUT2D eigenvalue weighted by Gasteiger charge is -2.10. The number of hydrogen-bond donors (Lipinski definition) is 0. The fourth-order valence-corrected chi connectivity index (χ4v) is 2.83. The van der Waals surface area contributed by atoms with Crippen molar-refractivity contribution in [3.8, 4) is 5.75 Å². The predicted octanol–water partition coefficient (Wildman–Crippen LogP) is 3.19. The minimum atomic E-state index is -0.420. The largest absolute Gasteiger partial charge is 0.337 e. The Morgan fingerprint density at radius 3 is 2.67 bits per heavy atom. The van der Waals surface area contributed by atoms with Gasteiger partial charge in [0, 0.05) is 41.0 Å². The van der Waals surface area contributed by atoms with Crippen molar-refractivity contribution in [2.24, 2.45) is 10.2 Å². The van der Waals surface area contributed by atoms with Crippen molar-refractivity contribution in [1.82, 2.24) is 0 Å². The molecule has 2 aromatic rings. The molecule has 2 aliphatic heterocycles. The molecule has 0 N–H and O–H groups in total. The molecule has 0 bridgehead atoms. The van der Waals surface area contributed by atoms with Crippen molar-refractivity contribution in [3.63, 3.8) is 0 Å². The first-order chi connectivity index (χ1) is 11.6. The number of fused-ring (bicyclic) bond motifs is 2. The Balaban J connectivity index is 1.85. The van der Waals surface area contributed by atoms with Crippen LogP contribution in [0, 0.1) is 10.1 Å². The maximum atomic E-state index is 10.8. The highest BCUT2D eigenvalue weighted by Gasteiger charge is 2.23. The minimum Gasteiger partial charge on any atom is -0.337 e. The van der Waals surface area contributed by atoms with Gasteiger partial charge in [0.15, 0.2) is 5.75 Å². The van der Waals surface area contributed by atoms with Gasteiger partial charge in [-0.05, 0) is 36.8 Å². The molecule has 0 fully saturated rings. The molecule has 0 radical (unpaired) electrons. The molecule has 0 saturated carbocycles. The molecule has 120 valence electrons. The van der Waals surface area contributed by atoms with E-state index in [1.165, 1.54) is 12.1 Å². The van der Waals surface area contributed by atoms with Crippen molar-refractivity contribution >= 4 is 17.1 Å². The van der Waals surface area contributed by atoms with Crippen molar-refractivity contribution < 1.29 is 14.7 Å². The van der Waals surface area contributed by atoms with E-state index in [0.717, 1.165) is 28.0 Å². The zero-order valence-corrected chi connectivity index (χ0v) is 12.9. The second-order valence-corrected chi connectivity index (χ2v) is 5.73. The van der Waals surface area contributed by atoms with Gasteiger partial charge in [-0.15, -0.1) is 5.10 Å². The van der Waals surface area contributed by atoms with Crippen LogP contribution in [0.1, 0.15) is 29.2 Å². The topological polar surface area (TPSA) is 86.3 Å². The molecule has 0 unspecified atom stereocenters. The molecule has 0 atom stereocenters. The predicted molar refractivity (Wildman–Crippen MR) is 87.4 cm³/mol. The molecule has 0 aromatic heterocycles. The summed E-state index contributed by atoms with van der Waals surface area (Å²) in [6.45, 7) is 2.30. The van der Waals surface area contributed by atoms with E-state index in [1.807, 2.05) is 19.1 Å². The van der Waals surface area contributed by atoms with Crippen LogP contribution < -0.4 is 4.89 Å². The Morgan fingerprint density at radius 1 is 1.12 bits per heavy atom. The molecule has 7 nitrogen and oxygen atoms in total. The van der Waals surface area contributed by atoms with Gasteiger partial charge in [0.05, 0.1) is 4.92 Å². The van der Waals surface area contributed by atoms with Crippen LogP contribution in [0.2, 0.25) is 0 Å². The smallest absolute Gasteiger partial charge is 0.269 e. The average Bonchev–Trinajstić information content (AvgIpc) is 2.96. The van der Waals surface area contributed by atoms with Crippen molar-refractivity contribution in [1.29, 1.82) is 0 Å². The van der Waals surface area contributed by atoms with Crippen molar-refractivity contribution in [2.45, 2.75) is 20.0 Å². The number of benzene rings is 2. The Morgan fingerprint density at radius 2 is 1.92 bits per heavy atom. The molecule has 4 rings (SSSR count). The van der Waals surface area contributed by atoms with E-state index in [1.54, 1.807) is 12.1 Å². The third kappa shape index (κ3) is 2.44. The summed E-state index contributed by atoms with van der Waals surface area (Å²) in [4.78, 5) is 20.6. The van der Waals surface area contributed by atoms with Crippen LogP contribution in [0.3, 0.4) is 0 Å². The summed E-state index contributed by atoms with van der Waals surface area (Å²) < 4.78 is 0. The van der Waals surface area contributed by atoms with Crippen LogP contribution in [-0.4, -0.2) is 16.3 Å². The summed E-state index contributed by atoms with van der Waals surface area (Å²) >= 11 is 0. The first-order valence-electron chi connectivity index (χ1n) is 7.43. The minimum absolute atomic E-state index is 0.0450. The molecule has 0 spiro atoms. The number of hydrogen-bond acceptors (Lipinski definition) is 6. The van der Waals surface area contributed by atoms with Crippen LogP contribution in [0.25, 0.3) is 0 Å². The molecule has 24 heavy (non-hydrogen) atoms. The lowest BCUT2D eigenvalue weighted by molar-refractivity contribution is -0.384. The Bertz CT molecular complexity index is 901. The Kier molecular flexibility index (Phi) is 3.35. The molecule has 2 aliphatic rings. The molecule has 0 amide bonds. The summed E-state index contributed by atoms with van der Waals surface area (Å²) in [7, 11) is 0. The van der Waals surface area contributed by atoms with E-state index < -0.39 is 4.92 Å². The summed E-state index contributed by atoms with van der Waals surface area (Å²) in [5.41, 5.74) is 5.32. The molecule has 0 saturated heterocycles. The van der Waals surface area contributed by atoms with Gasteiger partial charge in [0.1, 0.15) is 12.3 Å². The summed E-state index contributed by atoms with van der Waals surface area (Å²) in [6, 6.07) is 10.3. The standard InChI is InChI=1S/C17H13N3O4/c1-10-6-12-8-16-13(9-23-24-16)7-15(12)17(19-18-10)11-2-4-14(5-3-11)20(21)22/h2-5,7-8H,6,9H2,1H3. The highest BCUT2D eigenvalue weighted by molar-refractivity contribution is 6.15. The van der Waals surface area contributed by atoms with Gasteiger partial charge in [0.2, 0.25) is 0 Å². The van der Waals surface area contributed by atoms with Crippen molar-refractivity contribution in [3.05, 3.63) is 68.8 Å². The summed E-state index contributed by atoms with van der Waals surface area (Å²) in [5, 5.41) is 19.5. The van der Waals surface area contributed by atoms with Gasteiger partial charge < -0.3 is 4.89 Å². The van der Waals surface area contributed by atoms with Gasteiger partial charge in [0.25, 0.3) is 5.69 Å². The van der Waals surface area contributed by atoms with Gasteiger partial charge in [-0.1, -0.05) is 0 Å². The monoisotopic (exact) mass is 323 g/mol. The average molecular weight is 323 g/mol. The van der Waals surface area contributed by atoms with Crippen LogP contribution >= 0.6 is 0 Å². The van der Waals surface area contributed by atoms with E-state index in [2.05, 4.69) is 10.2 Å². The number of nitro groups is 1. The normalized spacial score (nSPS) is 15.5. The van der Waals surface area contributed by atoms with Crippen LogP contribution in [0.15, 0.2) is 46.6 Å². The first kappa shape index (κ1) is 14.5. The maximum absolute atomic E-state index is 10.8. The second kappa shape index (κ2) is 5.54. The lowest BCUT2D eigenvalue weighted by Crippen LogP contribution is -2.07. The zero-order valence-electron chi connectivity index (χ0n) is 12.9. The van der Waals surface area contributed by atoms with Crippen LogP contribution in [0.4, 0.5) is 5.69 Å². The zero-order chi connectivity index (χ0) is 16.7. The third-order valence-electron chi connectivity index (χ3n) is 4.02. The fraction of sp³-hybridized carbons (Fsp3) is 0.176. The van der Waals surface area contributed by atoms with Gasteiger partial charge in [-0.3, -0.25) is 10.1 Å². The fourth-order valence-electron chi connectivity index (χ4n) is 2.83. The quantitative estimate of drug-likeness (QED) is 0.482. The number of rotatable bonds is 2. The lowest BCUT2D eigenvalue weighted by atomic mass is 9.93. The Labute approximate surface area is 137 Å². The molecule has 2 heterocycles. The highest BCUT2D eigenvalue weighted by Crippen LogP contribution is 2.32. The summed E-state index contributed by atoms with van der Waals surface area (Å²) in [6.07, 6.45) is 0.659. The Hall–Kier alpha value is -3.06. The maximum Gasteiger partial charge on any atom is 0.269 e. The first-order valence-corrected chi connectivity index (χ1v) is 7.43. The van der Waals surface area contributed by atoms with Gasteiger partial charge in [-0.2, -0.15) is 9.99 Å². The number of nitro benzene ring substituents is 1. The van der Waals surface area contributed by atoms with Crippen LogP contribution in [0.5, 0.6) is 5.75 Å². The van der Waals surface area contributed by atoms with Crippen molar-refractivity contribution in [2.75, 3.05) is 0 Å². The number of nitrogens with zero attached hydrogens (tertiary/aromatic N) is 3. The SMILES string of the molecule is CC1=NN=C(c2ccc([N+](=O)[O-])cc2)c2cc3c(cc2C1)OOC3.